The topological polar surface area (TPSA) is 59.1 Å². The average Bonchev–Trinajstić information content (AvgIpc) is 2.53. The van der Waals surface area contributed by atoms with Gasteiger partial charge in [-0.1, -0.05) is 31.2 Å². The molecule has 24 heavy (non-hydrogen) atoms. The summed E-state index contributed by atoms with van der Waals surface area (Å²) >= 11 is 0. The van der Waals surface area contributed by atoms with Gasteiger partial charge in [0.25, 0.3) is 0 Å². The number of carbonyl (C=O) groups excluding carboxylic acids is 2. The molecule has 1 aromatic carbocycles. The summed E-state index contributed by atoms with van der Waals surface area (Å²) < 4.78 is 25.1. The smallest absolute Gasteiger partial charge is 0.242 e. The van der Waals surface area contributed by atoms with E-state index in [9.17, 15) is 18.4 Å². The van der Waals surface area contributed by atoms with E-state index >= 15 is 0 Å². The summed E-state index contributed by atoms with van der Waals surface area (Å²) in [5.41, 5.74) is 2.37. The number of amides is 1. The number of carbonyl (C=O) groups is 2. The molecule has 126 valence electrons. The van der Waals surface area contributed by atoms with Gasteiger partial charge in [-0.25, -0.2) is 8.78 Å². The van der Waals surface area contributed by atoms with Crippen molar-refractivity contribution in [2.75, 3.05) is 5.32 Å². The Labute approximate surface area is 138 Å². The Hall–Kier alpha value is -2.63. The maximum Gasteiger partial charge on any atom is 0.242 e. The second kappa shape index (κ2) is 7.77. The van der Waals surface area contributed by atoms with E-state index in [1.165, 1.54) is 13.1 Å². The number of hydrogen-bond donors (Lipinski definition) is 1. The van der Waals surface area contributed by atoms with E-state index < -0.39 is 6.43 Å². The molecule has 1 N–H and O–H groups in total. The molecule has 0 fully saturated rings. The third-order valence-corrected chi connectivity index (χ3v) is 3.43. The van der Waals surface area contributed by atoms with Crippen molar-refractivity contribution in [3.8, 4) is 11.1 Å². The number of aromatic nitrogens is 1. The van der Waals surface area contributed by atoms with Crippen LogP contribution in [0.2, 0.25) is 0 Å². The number of alkyl halides is 2. The standard InChI is InChI=1S/C18H18F2N2O2/c1-3-16(24)18-15(22-11(2)23)9-14(10-21-18)13-6-4-5-12(7-13)8-17(19)20/h4-7,9-10,17H,3,8H2,1-2H3,(H,22,23). The van der Waals surface area contributed by atoms with Crippen molar-refractivity contribution in [2.45, 2.75) is 33.1 Å². The number of nitrogens with one attached hydrogen (secondary N) is 1. The molecule has 0 atom stereocenters. The molecular weight excluding hydrogens is 314 g/mol. The molecule has 0 saturated carbocycles. The lowest BCUT2D eigenvalue weighted by molar-refractivity contribution is -0.114. The Balaban J connectivity index is 2.44. The van der Waals surface area contributed by atoms with Crippen molar-refractivity contribution < 1.29 is 18.4 Å². The zero-order valence-corrected chi connectivity index (χ0v) is 13.5. The number of benzene rings is 1. The maximum atomic E-state index is 12.5. The first-order chi connectivity index (χ1) is 11.4. The number of hydrogen-bond acceptors (Lipinski definition) is 3. The van der Waals surface area contributed by atoms with Gasteiger partial charge in [0.2, 0.25) is 12.3 Å². The molecule has 2 aromatic rings. The van der Waals surface area contributed by atoms with Crippen LogP contribution in [-0.4, -0.2) is 23.1 Å². The molecule has 0 aliphatic rings. The minimum atomic E-state index is -2.42. The van der Waals surface area contributed by atoms with Gasteiger partial charge >= 0.3 is 0 Å². The molecule has 0 aliphatic carbocycles. The quantitative estimate of drug-likeness (QED) is 0.810. The highest BCUT2D eigenvalue weighted by atomic mass is 19.3. The van der Waals surface area contributed by atoms with Gasteiger partial charge in [-0.05, 0) is 17.2 Å². The van der Waals surface area contributed by atoms with Crippen molar-refractivity contribution in [1.29, 1.82) is 0 Å². The van der Waals surface area contributed by atoms with Gasteiger partial charge in [0, 0.05) is 31.5 Å². The number of ketones is 1. The van der Waals surface area contributed by atoms with Crippen LogP contribution < -0.4 is 5.32 Å². The van der Waals surface area contributed by atoms with E-state index in [1.807, 2.05) is 0 Å². The third kappa shape index (κ3) is 4.44. The van der Waals surface area contributed by atoms with Crippen molar-refractivity contribution in [1.82, 2.24) is 4.98 Å². The summed E-state index contributed by atoms with van der Waals surface area (Å²) in [4.78, 5) is 27.5. The van der Waals surface area contributed by atoms with Crippen LogP contribution in [0.25, 0.3) is 11.1 Å². The number of halogens is 2. The van der Waals surface area contributed by atoms with E-state index in [2.05, 4.69) is 10.3 Å². The molecule has 6 heteroatoms. The first-order valence-electron chi connectivity index (χ1n) is 7.59. The molecule has 0 aliphatic heterocycles. The van der Waals surface area contributed by atoms with Crippen LogP contribution in [0.4, 0.5) is 14.5 Å². The Morgan fingerprint density at radius 3 is 2.58 bits per heavy atom. The summed E-state index contributed by atoms with van der Waals surface area (Å²) in [6.07, 6.45) is -0.970. The second-order valence-corrected chi connectivity index (χ2v) is 5.37. The molecule has 1 aromatic heterocycles. The zero-order chi connectivity index (χ0) is 17.7. The fraction of sp³-hybridized carbons (Fsp3) is 0.278. The fourth-order valence-corrected chi connectivity index (χ4v) is 2.35. The fourth-order valence-electron chi connectivity index (χ4n) is 2.35. The Morgan fingerprint density at radius 2 is 1.96 bits per heavy atom. The van der Waals surface area contributed by atoms with Crippen molar-refractivity contribution in [2.24, 2.45) is 0 Å². The van der Waals surface area contributed by atoms with E-state index in [0.717, 1.165) is 0 Å². The SMILES string of the molecule is CCC(=O)c1ncc(-c2cccc(CC(F)F)c2)cc1NC(C)=O. The largest absolute Gasteiger partial charge is 0.324 e. The Kier molecular flexibility index (Phi) is 5.73. The molecule has 0 saturated heterocycles. The summed E-state index contributed by atoms with van der Waals surface area (Å²) in [5.74, 6) is -0.498. The zero-order valence-electron chi connectivity index (χ0n) is 13.5. The molecule has 0 bridgehead atoms. The van der Waals surface area contributed by atoms with Crippen LogP contribution in [0.5, 0.6) is 0 Å². The lowest BCUT2D eigenvalue weighted by atomic mass is 10.0. The van der Waals surface area contributed by atoms with Crippen molar-refractivity contribution >= 4 is 17.4 Å². The van der Waals surface area contributed by atoms with Gasteiger partial charge < -0.3 is 5.32 Å². The van der Waals surface area contributed by atoms with Gasteiger partial charge in [-0.2, -0.15) is 0 Å². The molecule has 1 heterocycles. The molecule has 0 radical (unpaired) electrons. The molecule has 2 rings (SSSR count). The van der Waals surface area contributed by atoms with Crippen LogP contribution in [0.15, 0.2) is 36.5 Å². The summed E-state index contributed by atoms with van der Waals surface area (Å²) in [5, 5.41) is 2.60. The first kappa shape index (κ1) is 17.7. The van der Waals surface area contributed by atoms with Crippen molar-refractivity contribution in [3.63, 3.8) is 0 Å². The summed E-state index contributed by atoms with van der Waals surface area (Å²) in [7, 11) is 0. The number of rotatable bonds is 6. The summed E-state index contributed by atoms with van der Waals surface area (Å²) in [6.45, 7) is 3.05. The predicted molar refractivity (Wildman–Crippen MR) is 88.3 cm³/mol. The van der Waals surface area contributed by atoms with Crippen LogP contribution in [0.1, 0.15) is 36.3 Å². The lowest BCUT2D eigenvalue weighted by Crippen LogP contribution is -2.12. The molecule has 0 unspecified atom stereocenters. The van der Waals surface area contributed by atoms with Crippen LogP contribution in [0, 0.1) is 0 Å². The first-order valence-corrected chi connectivity index (χ1v) is 7.59. The highest BCUT2D eigenvalue weighted by molar-refractivity contribution is 6.03. The second-order valence-electron chi connectivity index (χ2n) is 5.37. The monoisotopic (exact) mass is 332 g/mol. The maximum absolute atomic E-state index is 12.5. The normalized spacial score (nSPS) is 10.7. The summed E-state index contributed by atoms with van der Waals surface area (Å²) in [6, 6.07) is 8.38. The lowest BCUT2D eigenvalue weighted by Gasteiger charge is -2.11. The molecular formula is C18H18F2N2O2. The Morgan fingerprint density at radius 1 is 1.21 bits per heavy atom. The number of pyridine rings is 1. The molecule has 4 nitrogen and oxygen atoms in total. The van der Waals surface area contributed by atoms with Crippen LogP contribution in [0.3, 0.4) is 0 Å². The molecule has 0 spiro atoms. The van der Waals surface area contributed by atoms with E-state index in [4.69, 9.17) is 0 Å². The van der Waals surface area contributed by atoms with Gasteiger partial charge in [0.05, 0.1) is 5.69 Å². The third-order valence-electron chi connectivity index (χ3n) is 3.43. The van der Waals surface area contributed by atoms with E-state index in [1.54, 1.807) is 37.3 Å². The number of nitrogens with zero attached hydrogens (tertiary/aromatic N) is 1. The van der Waals surface area contributed by atoms with Gasteiger partial charge in [-0.3, -0.25) is 14.6 Å². The minimum absolute atomic E-state index is 0.184. The minimum Gasteiger partial charge on any atom is -0.324 e. The van der Waals surface area contributed by atoms with Crippen LogP contribution in [-0.2, 0) is 11.2 Å². The van der Waals surface area contributed by atoms with E-state index in [-0.39, 0.29) is 30.2 Å². The van der Waals surface area contributed by atoms with Crippen LogP contribution >= 0.6 is 0 Å². The average molecular weight is 332 g/mol. The highest BCUT2D eigenvalue weighted by Crippen LogP contribution is 2.26. The highest BCUT2D eigenvalue weighted by Gasteiger charge is 2.14. The number of Topliss-reactive ketones (excluding diaryl/α,β-unsaturated/α-hetero) is 1. The van der Waals surface area contributed by atoms with E-state index in [0.29, 0.717) is 22.4 Å². The van der Waals surface area contributed by atoms with Gasteiger partial charge in [-0.15, -0.1) is 0 Å². The van der Waals surface area contributed by atoms with Gasteiger partial charge in [0.15, 0.2) is 5.78 Å². The molecule has 1 amide bonds. The van der Waals surface area contributed by atoms with Gasteiger partial charge in [0.1, 0.15) is 5.69 Å². The number of anilines is 1. The Bertz CT molecular complexity index is 760. The predicted octanol–water partition coefficient (Wildman–Crippen LogP) is 4.11. The van der Waals surface area contributed by atoms with Crippen molar-refractivity contribution in [3.05, 3.63) is 47.8 Å².